The van der Waals surface area contributed by atoms with Gasteiger partial charge in [0.05, 0.1) is 5.60 Å². The summed E-state index contributed by atoms with van der Waals surface area (Å²) in [5, 5.41) is 4.29. The molecule has 30 heavy (non-hydrogen) atoms. The molecule has 5 heteroatoms. The molecule has 1 unspecified atom stereocenters. The molecule has 0 bridgehead atoms. The molecule has 5 nitrogen and oxygen atoms in total. The molecule has 0 aliphatic carbocycles. The van der Waals surface area contributed by atoms with E-state index in [-0.39, 0.29) is 17.6 Å². The van der Waals surface area contributed by atoms with Crippen LogP contribution in [0.2, 0.25) is 0 Å². The number of carbonyl (C=O) groups is 1. The van der Waals surface area contributed by atoms with Crippen molar-refractivity contribution in [3.63, 3.8) is 0 Å². The quantitative estimate of drug-likeness (QED) is 0.620. The van der Waals surface area contributed by atoms with Crippen LogP contribution in [0.4, 0.5) is 0 Å². The molecule has 1 N–H and O–H groups in total. The van der Waals surface area contributed by atoms with Crippen molar-refractivity contribution in [1.29, 1.82) is 0 Å². The number of nitrogens with zero attached hydrogens (tertiary/aromatic N) is 1. The van der Waals surface area contributed by atoms with Crippen molar-refractivity contribution < 1.29 is 14.3 Å². The number of nitrogens with one attached hydrogen (secondary N) is 1. The molecule has 0 spiro atoms. The fraction of sp³-hybridized carbons (Fsp3) is 0.400. The van der Waals surface area contributed by atoms with Crippen molar-refractivity contribution in [2.75, 3.05) is 6.61 Å². The number of hydrogen-bond donors (Lipinski definition) is 1. The highest BCUT2D eigenvalue weighted by atomic mass is 16.5. The molecule has 4 rings (SSSR count). The zero-order chi connectivity index (χ0) is 21.0. The Morgan fingerprint density at radius 2 is 2.03 bits per heavy atom. The fourth-order valence-corrected chi connectivity index (χ4v) is 4.08. The van der Waals surface area contributed by atoms with Gasteiger partial charge in [-0.15, -0.1) is 0 Å². The van der Waals surface area contributed by atoms with E-state index in [2.05, 4.69) is 54.1 Å². The van der Waals surface area contributed by atoms with Crippen LogP contribution in [0.25, 0.3) is 10.9 Å². The Hall–Kier alpha value is -2.79. The smallest absolute Gasteiger partial charge is 0.222 e. The van der Waals surface area contributed by atoms with Crippen molar-refractivity contribution in [2.45, 2.75) is 57.9 Å². The summed E-state index contributed by atoms with van der Waals surface area (Å²) in [4.78, 5) is 12.4. The highest BCUT2D eigenvalue weighted by Crippen LogP contribution is 2.25. The monoisotopic (exact) mass is 406 g/mol. The molecule has 1 saturated heterocycles. The summed E-state index contributed by atoms with van der Waals surface area (Å²) in [6, 6.07) is 18.5. The number of ether oxygens (including phenoxy) is 2. The highest BCUT2D eigenvalue weighted by molar-refractivity contribution is 5.82. The van der Waals surface area contributed by atoms with Crippen molar-refractivity contribution in [2.24, 2.45) is 0 Å². The molecule has 158 valence electrons. The van der Waals surface area contributed by atoms with Gasteiger partial charge >= 0.3 is 0 Å². The molecule has 0 saturated carbocycles. The lowest BCUT2D eigenvalue weighted by Crippen LogP contribution is -2.45. The first-order chi connectivity index (χ1) is 14.5. The van der Waals surface area contributed by atoms with Crippen molar-refractivity contribution in [3.05, 3.63) is 66.4 Å². The van der Waals surface area contributed by atoms with E-state index in [9.17, 15) is 4.79 Å². The molecule has 1 aliphatic heterocycles. The summed E-state index contributed by atoms with van der Waals surface area (Å²) < 4.78 is 13.8. The maximum Gasteiger partial charge on any atom is 0.222 e. The van der Waals surface area contributed by atoms with Crippen molar-refractivity contribution in [3.8, 4) is 5.75 Å². The van der Waals surface area contributed by atoms with Crippen LogP contribution < -0.4 is 10.1 Å². The number of carbonyl (C=O) groups excluding carboxylic acids is 1. The van der Waals surface area contributed by atoms with E-state index < -0.39 is 0 Å². The average molecular weight is 407 g/mol. The van der Waals surface area contributed by atoms with Crippen LogP contribution in [0, 0.1) is 0 Å². The van der Waals surface area contributed by atoms with E-state index in [1.54, 1.807) is 0 Å². The predicted octanol–water partition coefficient (Wildman–Crippen LogP) is 4.68. The maximum absolute atomic E-state index is 12.4. The number of rotatable bonds is 7. The van der Waals surface area contributed by atoms with E-state index in [4.69, 9.17) is 9.47 Å². The number of hydrogen-bond acceptors (Lipinski definition) is 3. The van der Waals surface area contributed by atoms with Gasteiger partial charge in [-0.05, 0) is 56.5 Å². The largest absolute Gasteiger partial charge is 0.489 e. The van der Waals surface area contributed by atoms with Gasteiger partial charge in [0.2, 0.25) is 5.91 Å². The van der Waals surface area contributed by atoms with Gasteiger partial charge in [0, 0.05) is 42.7 Å². The van der Waals surface area contributed by atoms with Crippen LogP contribution in [0.1, 0.15) is 38.7 Å². The number of aromatic nitrogens is 1. The van der Waals surface area contributed by atoms with Crippen LogP contribution in [0.3, 0.4) is 0 Å². The minimum atomic E-state index is -0.160. The van der Waals surface area contributed by atoms with Gasteiger partial charge < -0.3 is 19.4 Å². The van der Waals surface area contributed by atoms with Crippen LogP contribution in [-0.4, -0.2) is 28.7 Å². The van der Waals surface area contributed by atoms with Gasteiger partial charge in [-0.25, -0.2) is 0 Å². The summed E-state index contributed by atoms with van der Waals surface area (Å²) in [5.41, 5.74) is 2.10. The normalized spacial score (nSPS) is 18.3. The number of amides is 1. The van der Waals surface area contributed by atoms with E-state index >= 15 is 0 Å². The number of aryl methyl sites for hydroxylation is 1. The first-order valence-corrected chi connectivity index (χ1v) is 10.7. The Balaban J connectivity index is 1.32. The van der Waals surface area contributed by atoms with Crippen LogP contribution >= 0.6 is 0 Å². The Kier molecular flexibility index (Phi) is 6.09. The number of benzene rings is 2. The van der Waals surface area contributed by atoms with Gasteiger partial charge in [-0.2, -0.15) is 0 Å². The Labute approximate surface area is 178 Å². The molecular weight excluding hydrogens is 376 g/mol. The van der Waals surface area contributed by atoms with Gasteiger partial charge in [0.15, 0.2) is 0 Å². The Morgan fingerprint density at radius 3 is 2.83 bits per heavy atom. The molecule has 0 radical (unpaired) electrons. The molecule has 2 heterocycles. The first kappa shape index (κ1) is 20.5. The fourth-order valence-electron chi connectivity index (χ4n) is 4.08. The second-order valence-electron chi connectivity index (χ2n) is 8.62. The first-order valence-electron chi connectivity index (χ1n) is 10.7. The second kappa shape index (κ2) is 8.92. The molecule has 1 amide bonds. The van der Waals surface area contributed by atoms with Crippen LogP contribution in [0.5, 0.6) is 5.75 Å². The third-order valence-corrected chi connectivity index (χ3v) is 5.63. The minimum absolute atomic E-state index is 0.0994. The topological polar surface area (TPSA) is 52.5 Å². The van der Waals surface area contributed by atoms with Crippen molar-refractivity contribution >= 4 is 16.8 Å². The molecule has 2 aromatic carbocycles. The standard InChI is InChI=1S/C25H30N2O3/c1-25(2)17-21(12-15-30-25)26-24(28)11-14-27-13-10-20-16-22(8-9-23(20)27)29-18-19-6-4-3-5-7-19/h3-10,13,16,21H,11-12,14-15,17-18H2,1-2H3,(H,26,28). The zero-order valence-electron chi connectivity index (χ0n) is 17.8. The van der Waals surface area contributed by atoms with Crippen molar-refractivity contribution in [1.82, 2.24) is 9.88 Å². The molecule has 1 fully saturated rings. The van der Waals surface area contributed by atoms with E-state index in [1.165, 1.54) is 0 Å². The van der Waals surface area contributed by atoms with E-state index in [1.807, 2.05) is 30.5 Å². The van der Waals surface area contributed by atoms with Crippen LogP contribution in [-0.2, 0) is 22.7 Å². The lowest BCUT2D eigenvalue weighted by molar-refractivity contribution is -0.124. The summed E-state index contributed by atoms with van der Waals surface area (Å²) in [5.74, 6) is 0.950. The third kappa shape index (κ3) is 5.22. The molecule has 1 aliphatic rings. The number of fused-ring (bicyclic) bond motifs is 1. The van der Waals surface area contributed by atoms with Gasteiger partial charge in [0.25, 0.3) is 0 Å². The summed E-state index contributed by atoms with van der Waals surface area (Å²) >= 11 is 0. The average Bonchev–Trinajstić information content (AvgIpc) is 3.13. The molecule has 1 aromatic heterocycles. The SMILES string of the molecule is CC1(C)CC(NC(=O)CCn2ccc3cc(OCc4ccccc4)ccc32)CCO1. The molecule has 3 aromatic rings. The van der Waals surface area contributed by atoms with Gasteiger partial charge in [-0.1, -0.05) is 30.3 Å². The predicted molar refractivity (Wildman–Crippen MR) is 119 cm³/mol. The lowest BCUT2D eigenvalue weighted by Gasteiger charge is -2.35. The van der Waals surface area contributed by atoms with Crippen LogP contribution in [0.15, 0.2) is 60.8 Å². The molecular formula is C25H30N2O3. The Bertz CT molecular complexity index is 994. The minimum Gasteiger partial charge on any atom is -0.489 e. The summed E-state index contributed by atoms with van der Waals surface area (Å²) in [6.07, 6.45) is 4.24. The lowest BCUT2D eigenvalue weighted by atomic mass is 9.94. The van der Waals surface area contributed by atoms with E-state index in [0.29, 0.717) is 26.2 Å². The van der Waals surface area contributed by atoms with Gasteiger partial charge in [0.1, 0.15) is 12.4 Å². The Morgan fingerprint density at radius 1 is 1.20 bits per heavy atom. The van der Waals surface area contributed by atoms with Gasteiger partial charge in [-0.3, -0.25) is 4.79 Å². The van der Waals surface area contributed by atoms with E-state index in [0.717, 1.165) is 35.1 Å². The zero-order valence-corrected chi connectivity index (χ0v) is 17.8. The maximum atomic E-state index is 12.4. The second-order valence-corrected chi connectivity index (χ2v) is 8.62. The summed E-state index contributed by atoms with van der Waals surface area (Å²) in [7, 11) is 0. The highest BCUT2D eigenvalue weighted by Gasteiger charge is 2.29. The molecule has 1 atom stereocenters. The summed E-state index contributed by atoms with van der Waals surface area (Å²) in [6.45, 7) is 6.07. The third-order valence-electron chi connectivity index (χ3n) is 5.63.